The Labute approximate surface area is 92.7 Å². The van der Waals surface area contributed by atoms with E-state index >= 15 is 0 Å². The first-order chi connectivity index (χ1) is 7.72. The summed E-state index contributed by atoms with van der Waals surface area (Å²) in [5.41, 5.74) is 7.53. The van der Waals surface area contributed by atoms with Gasteiger partial charge >= 0.3 is 0 Å². The summed E-state index contributed by atoms with van der Waals surface area (Å²) in [7, 11) is 1.43. The number of methoxy groups -OCH3 is 1. The van der Waals surface area contributed by atoms with Crippen LogP contribution in [0.5, 0.6) is 5.75 Å². The van der Waals surface area contributed by atoms with Crippen molar-refractivity contribution in [1.82, 2.24) is 4.98 Å². The molecule has 0 radical (unpaired) electrons. The van der Waals surface area contributed by atoms with E-state index in [1.807, 2.05) is 0 Å². The number of ether oxygens (including phenoxy) is 1. The number of hydrogen-bond donors (Lipinski definition) is 1. The molecular weight excluding hydrogens is 207 g/mol. The Morgan fingerprint density at radius 1 is 1.31 bits per heavy atom. The fourth-order valence-electron chi connectivity index (χ4n) is 1.55. The quantitative estimate of drug-likeness (QED) is 0.842. The molecule has 1 aromatic carbocycles. The lowest BCUT2D eigenvalue weighted by molar-refractivity contribution is 0.388. The van der Waals surface area contributed by atoms with Crippen LogP contribution in [0.4, 0.5) is 10.1 Å². The molecule has 0 saturated carbocycles. The molecule has 2 rings (SSSR count). The molecule has 4 heteroatoms. The highest BCUT2D eigenvalue weighted by Crippen LogP contribution is 2.32. The third kappa shape index (κ3) is 1.82. The Balaban J connectivity index is 2.60. The van der Waals surface area contributed by atoms with E-state index in [0.717, 1.165) is 5.56 Å². The van der Waals surface area contributed by atoms with E-state index in [0.29, 0.717) is 11.3 Å². The summed E-state index contributed by atoms with van der Waals surface area (Å²) in [5, 5.41) is 0. The van der Waals surface area contributed by atoms with Gasteiger partial charge in [0.15, 0.2) is 11.6 Å². The van der Waals surface area contributed by atoms with Gasteiger partial charge in [-0.2, -0.15) is 0 Å². The topological polar surface area (TPSA) is 48.1 Å². The van der Waals surface area contributed by atoms with Crippen molar-refractivity contribution in [3.8, 4) is 16.9 Å². The summed E-state index contributed by atoms with van der Waals surface area (Å²) in [6.45, 7) is 0. The number of para-hydroxylation sites is 1. The Morgan fingerprint density at radius 3 is 2.81 bits per heavy atom. The molecule has 0 unspecified atom stereocenters. The van der Waals surface area contributed by atoms with Crippen LogP contribution in [0.25, 0.3) is 11.1 Å². The fourth-order valence-corrected chi connectivity index (χ4v) is 1.55. The molecule has 0 saturated heterocycles. The number of aromatic nitrogens is 1. The first-order valence-electron chi connectivity index (χ1n) is 4.76. The number of hydrogen-bond acceptors (Lipinski definition) is 3. The molecule has 1 heterocycles. The molecule has 0 aliphatic rings. The molecule has 2 N–H and O–H groups in total. The van der Waals surface area contributed by atoms with E-state index in [1.165, 1.54) is 19.4 Å². The molecule has 0 aliphatic carbocycles. The van der Waals surface area contributed by atoms with Crippen molar-refractivity contribution in [3.05, 3.63) is 42.5 Å². The van der Waals surface area contributed by atoms with Crippen molar-refractivity contribution in [2.24, 2.45) is 0 Å². The number of rotatable bonds is 2. The lowest BCUT2D eigenvalue weighted by Crippen LogP contribution is -1.93. The predicted octanol–water partition coefficient (Wildman–Crippen LogP) is 2.48. The zero-order valence-corrected chi connectivity index (χ0v) is 8.77. The lowest BCUT2D eigenvalue weighted by Gasteiger charge is -2.09. The first-order valence-corrected chi connectivity index (χ1v) is 4.76. The summed E-state index contributed by atoms with van der Waals surface area (Å²) in [5.74, 6) is -0.197. The Kier molecular flexibility index (Phi) is 2.72. The van der Waals surface area contributed by atoms with Gasteiger partial charge in [-0.05, 0) is 12.1 Å². The molecule has 0 amide bonds. The minimum absolute atomic E-state index is 0.204. The number of halogens is 1. The average molecular weight is 218 g/mol. The minimum Gasteiger partial charge on any atom is -0.493 e. The average Bonchev–Trinajstić information content (AvgIpc) is 2.28. The number of benzene rings is 1. The van der Waals surface area contributed by atoms with Gasteiger partial charge in [-0.25, -0.2) is 4.39 Å². The summed E-state index contributed by atoms with van der Waals surface area (Å²) in [6, 6.07) is 6.46. The molecule has 16 heavy (non-hydrogen) atoms. The molecule has 2 aromatic rings. The maximum Gasteiger partial charge on any atom is 0.165 e. The fraction of sp³-hybridized carbons (Fsp3) is 0.0833. The van der Waals surface area contributed by atoms with Crippen LogP contribution in [0.15, 0.2) is 36.7 Å². The van der Waals surface area contributed by atoms with E-state index < -0.39 is 5.82 Å². The van der Waals surface area contributed by atoms with Gasteiger partial charge < -0.3 is 10.5 Å². The molecule has 0 fully saturated rings. The zero-order valence-electron chi connectivity index (χ0n) is 8.77. The second kappa shape index (κ2) is 4.18. The van der Waals surface area contributed by atoms with Gasteiger partial charge in [0.05, 0.1) is 12.8 Å². The second-order valence-electron chi connectivity index (χ2n) is 3.33. The van der Waals surface area contributed by atoms with Gasteiger partial charge in [-0.15, -0.1) is 0 Å². The largest absolute Gasteiger partial charge is 0.493 e. The van der Waals surface area contributed by atoms with Crippen molar-refractivity contribution >= 4 is 5.69 Å². The first kappa shape index (κ1) is 10.4. The highest BCUT2D eigenvalue weighted by atomic mass is 19.1. The number of nitrogens with two attached hydrogens (primary N) is 1. The van der Waals surface area contributed by atoms with Gasteiger partial charge in [0, 0.05) is 23.5 Å². The van der Waals surface area contributed by atoms with Gasteiger partial charge in [0.1, 0.15) is 0 Å². The van der Waals surface area contributed by atoms with E-state index in [9.17, 15) is 4.39 Å². The third-order valence-electron chi connectivity index (χ3n) is 2.24. The Hall–Kier alpha value is -2.10. The van der Waals surface area contributed by atoms with Crippen LogP contribution < -0.4 is 10.5 Å². The van der Waals surface area contributed by atoms with Crippen LogP contribution in [0.2, 0.25) is 0 Å². The molecular formula is C12H11FN2O. The van der Waals surface area contributed by atoms with E-state index in [4.69, 9.17) is 10.5 Å². The maximum atomic E-state index is 13.5. The standard InChI is InChI=1S/C12H11FN2O/c1-16-12-10(3-2-4-11(12)13)8-5-9(14)7-15-6-8/h2-7H,14H2,1H3. The smallest absolute Gasteiger partial charge is 0.165 e. The van der Waals surface area contributed by atoms with Gasteiger partial charge in [0.2, 0.25) is 0 Å². The van der Waals surface area contributed by atoms with Crippen LogP contribution in [0, 0.1) is 5.82 Å². The van der Waals surface area contributed by atoms with Gasteiger partial charge in [-0.3, -0.25) is 4.98 Å². The van der Waals surface area contributed by atoms with Crippen molar-refractivity contribution in [3.63, 3.8) is 0 Å². The van der Waals surface area contributed by atoms with Crippen molar-refractivity contribution in [2.75, 3.05) is 12.8 Å². The van der Waals surface area contributed by atoms with Crippen molar-refractivity contribution in [2.45, 2.75) is 0 Å². The Bertz CT molecular complexity index is 514. The van der Waals surface area contributed by atoms with Crippen LogP contribution in [-0.2, 0) is 0 Å². The molecule has 0 spiro atoms. The van der Waals surface area contributed by atoms with Gasteiger partial charge in [0.25, 0.3) is 0 Å². The van der Waals surface area contributed by atoms with Crippen LogP contribution in [-0.4, -0.2) is 12.1 Å². The molecule has 0 aliphatic heterocycles. The monoisotopic (exact) mass is 218 g/mol. The zero-order chi connectivity index (χ0) is 11.5. The Morgan fingerprint density at radius 2 is 2.12 bits per heavy atom. The molecule has 3 nitrogen and oxygen atoms in total. The number of nitrogens with zero attached hydrogens (tertiary/aromatic N) is 1. The SMILES string of the molecule is COc1c(F)cccc1-c1cncc(N)c1. The summed E-state index contributed by atoms with van der Waals surface area (Å²) in [4.78, 5) is 3.96. The van der Waals surface area contributed by atoms with E-state index in [2.05, 4.69) is 4.98 Å². The van der Waals surface area contributed by atoms with Crippen molar-refractivity contribution < 1.29 is 9.13 Å². The van der Waals surface area contributed by atoms with E-state index in [1.54, 1.807) is 24.4 Å². The molecule has 0 bridgehead atoms. The second-order valence-corrected chi connectivity index (χ2v) is 3.33. The number of anilines is 1. The highest BCUT2D eigenvalue weighted by molar-refractivity contribution is 5.72. The van der Waals surface area contributed by atoms with Crippen LogP contribution >= 0.6 is 0 Å². The summed E-state index contributed by atoms with van der Waals surface area (Å²) in [6.07, 6.45) is 3.16. The lowest BCUT2D eigenvalue weighted by atomic mass is 10.1. The third-order valence-corrected chi connectivity index (χ3v) is 2.24. The summed E-state index contributed by atoms with van der Waals surface area (Å²) < 4.78 is 18.5. The molecule has 1 aromatic heterocycles. The molecule has 0 atom stereocenters. The summed E-state index contributed by atoms with van der Waals surface area (Å²) >= 11 is 0. The number of pyridine rings is 1. The van der Waals surface area contributed by atoms with Crippen LogP contribution in [0.1, 0.15) is 0 Å². The normalized spacial score (nSPS) is 10.1. The minimum atomic E-state index is -0.401. The molecule has 82 valence electrons. The highest BCUT2D eigenvalue weighted by Gasteiger charge is 2.10. The van der Waals surface area contributed by atoms with E-state index in [-0.39, 0.29) is 5.75 Å². The maximum absolute atomic E-state index is 13.5. The number of nitrogen functional groups attached to an aromatic ring is 1. The van der Waals surface area contributed by atoms with Gasteiger partial charge in [-0.1, -0.05) is 12.1 Å². The van der Waals surface area contributed by atoms with Crippen LogP contribution in [0.3, 0.4) is 0 Å². The van der Waals surface area contributed by atoms with Crippen molar-refractivity contribution in [1.29, 1.82) is 0 Å². The predicted molar refractivity (Wildman–Crippen MR) is 60.6 cm³/mol.